The van der Waals surface area contributed by atoms with Crippen LogP contribution >= 0.6 is 12.4 Å². The van der Waals surface area contributed by atoms with Gasteiger partial charge in [0.2, 0.25) is 15.9 Å². The van der Waals surface area contributed by atoms with Crippen molar-refractivity contribution < 1.29 is 17.7 Å². The molecule has 1 aromatic heterocycles. The zero-order valence-corrected chi connectivity index (χ0v) is 15.8. The van der Waals surface area contributed by atoms with Gasteiger partial charge in [0.05, 0.1) is 0 Å². The van der Waals surface area contributed by atoms with E-state index in [9.17, 15) is 13.2 Å². The maximum atomic E-state index is 12.8. The van der Waals surface area contributed by atoms with Gasteiger partial charge in [-0.2, -0.15) is 4.31 Å². The highest BCUT2D eigenvalue weighted by Gasteiger charge is 2.32. The molecular weight excluding hydrogens is 356 g/mol. The summed E-state index contributed by atoms with van der Waals surface area (Å²) in [5.74, 6) is 0.258. The topological polar surface area (TPSA) is 110 Å². The number of nitrogens with zero attached hydrogens (tertiary/aromatic N) is 3. The normalized spacial score (nSPS) is 17.9. The van der Waals surface area contributed by atoms with E-state index in [0.29, 0.717) is 31.7 Å². The number of rotatable bonds is 4. The molecule has 1 aliphatic heterocycles. The van der Waals surface area contributed by atoms with Crippen LogP contribution in [0.25, 0.3) is 0 Å². The largest absolute Gasteiger partial charge is 0.360 e. The number of amides is 1. The summed E-state index contributed by atoms with van der Waals surface area (Å²) in [6, 6.07) is -0.201. The average Bonchev–Trinajstić information content (AvgIpc) is 2.66. The van der Waals surface area contributed by atoms with Crippen LogP contribution < -0.4 is 5.73 Å². The third-order valence-electron chi connectivity index (χ3n) is 3.87. The molecule has 8 nitrogen and oxygen atoms in total. The van der Waals surface area contributed by atoms with E-state index in [1.165, 1.54) is 4.31 Å². The first-order valence-corrected chi connectivity index (χ1v) is 9.14. The number of aromatic nitrogens is 1. The second kappa shape index (κ2) is 8.28. The Hall–Kier alpha value is -1.16. The summed E-state index contributed by atoms with van der Waals surface area (Å²) in [4.78, 5) is 13.9. The Bertz CT molecular complexity index is 655. The van der Waals surface area contributed by atoms with Gasteiger partial charge in [-0.1, -0.05) is 5.16 Å². The van der Waals surface area contributed by atoms with Crippen molar-refractivity contribution in [1.82, 2.24) is 14.4 Å². The molecule has 1 saturated heterocycles. The van der Waals surface area contributed by atoms with Gasteiger partial charge in [0, 0.05) is 38.6 Å². The lowest BCUT2D eigenvalue weighted by Gasteiger charge is -2.22. The van der Waals surface area contributed by atoms with Crippen LogP contribution in [0.1, 0.15) is 31.2 Å². The predicted octanol–water partition coefficient (Wildman–Crippen LogP) is 0.674. The second-order valence-electron chi connectivity index (χ2n) is 5.97. The molecule has 2 rings (SSSR count). The highest BCUT2D eigenvalue weighted by molar-refractivity contribution is 7.89. The van der Waals surface area contributed by atoms with Crippen molar-refractivity contribution in [2.45, 2.75) is 44.6 Å². The Morgan fingerprint density at radius 3 is 2.50 bits per heavy atom. The van der Waals surface area contributed by atoms with Crippen molar-refractivity contribution in [2.75, 3.05) is 26.2 Å². The van der Waals surface area contributed by atoms with Crippen molar-refractivity contribution in [2.24, 2.45) is 5.73 Å². The van der Waals surface area contributed by atoms with Gasteiger partial charge < -0.3 is 15.2 Å². The summed E-state index contributed by atoms with van der Waals surface area (Å²) >= 11 is 0. The van der Waals surface area contributed by atoms with Gasteiger partial charge in [-0.05, 0) is 27.2 Å². The molecule has 24 heavy (non-hydrogen) atoms. The molecule has 1 aromatic rings. The molecule has 0 bridgehead atoms. The zero-order valence-electron chi connectivity index (χ0n) is 14.2. The van der Waals surface area contributed by atoms with E-state index < -0.39 is 10.0 Å². The summed E-state index contributed by atoms with van der Waals surface area (Å²) in [6.45, 7) is 6.52. The summed E-state index contributed by atoms with van der Waals surface area (Å²) in [5.41, 5.74) is 6.02. The fraction of sp³-hybridized carbons (Fsp3) is 0.714. The molecule has 0 spiro atoms. The van der Waals surface area contributed by atoms with Gasteiger partial charge in [-0.3, -0.25) is 4.79 Å². The smallest absolute Gasteiger partial charge is 0.248 e. The van der Waals surface area contributed by atoms with Crippen molar-refractivity contribution >= 4 is 28.3 Å². The quantitative estimate of drug-likeness (QED) is 0.822. The van der Waals surface area contributed by atoms with E-state index in [2.05, 4.69) is 5.16 Å². The Morgan fingerprint density at radius 2 is 1.96 bits per heavy atom. The van der Waals surface area contributed by atoms with E-state index in [-0.39, 0.29) is 48.0 Å². The van der Waals surface area contributed by atoms with Gasteiger partial charge in [0.15, 0.2) is 5.76 Å². The lowest BCUT2D eigenvalue weighted by Crippen LogP contribution is -2.39. The van der Waals surface area contributed by atoms with Crippen LogP contribution in [0.2, 0.25) is 0 Å². The maximum absolute atomic E-state index is 12.8. The Kier molecular flexibility index (Phi) is 7.21. The molecule has 10 heteroatoms. The van der Waals surface area contributed by atoms with E-state index >= 15 is 0 Å². The summed E-state index contributed by atoms with van der Waals surface area (Å²) in [5, 5.41) is 3.72. The number of hydrogen-bond donors (Lipinski definition) is 1. The molecule has 0 radical (unpaired) electrons. The van der Waals surface area contributed by atoms with Crippen LogP contribution in [0.4, 0.5) is 0 Å². The number of nitrogens with two attached hydrogens (primary N) is 1. The van der Waals surface area contributed by atoms with Crippen LogP contribution in [-0.2, 0) is 14.8 Å². The van der Waals surface area contributed by atoms with Crippen molar-refractivity contribution in [1.29, 1.82) is 0 Å². The SMILES string of the molecule is Cc1noc(C)c1S(=O)(=O)N1CCCN(C(=O)CC(C)N)CC1.Cl. The molecular formula is C14H25ClN4O4S. The van der Waals surface area contributed by atoms with Crippen molar-refractivity contribution in [3.63, 3.8) is 0 Å². The number of aryl methyl sites for hydroxylation is 2. The molecule has 138 valence electrons. The maximum Gasteiger partial charge on any atom is 0.248 e. The van der Waals surface area contributed by atoms with E-state index in [1.807, 2.05) is 0 Å². The second-order valence-corrected chi connectivity index (χ2v) is 7.85. The predicted molar refractivity (Wildman–Crippen MR) is 91.4 cm³/mol. The zero-order chi connectivity index (χ0) is 17.2. The van der Waals surface area contributed by atoms with Gasteiger partial charge in [-0.15, -0.1) is 12.4 Å². The highest BCUT2D eigenvalue weighted by atomic mass is 35.5. The monoisotopic (exact) mass is 380 g/mol. The van der Waals surface area contributed by atoms with Gasteiger partial charge in [0.25, 0.3) is 0 Å². The van der Waals surface area contributed by atoms with E-state index in [0.717, 1.165) is 0 Å². The fourth-order valence-electron chi connectivity index (χ4n) is 2.76. The number of halogens is 1. The van der Waals surface area contributed by atoms with Crippen LogP contribution in [0, 0.1) is 13.8 Å². The number of hydrogen-bond acceptors (Lipinski definition) is 6. The van der Waals surface area contributed by atoms with E-state index in [4.69, 9.17) is 10.3 Å². The first-order valence-electron chi connectivity index (χ1n) is 7.70. The van der Waals surface area contributed by atoms with Crippen LogP contribution in [0.5, 0.6) is 0 Å². The average molecular weight is 381 g/mol. The molecule has 1 amide bonds. The summed E-state index contributed by atoms with van der Waals surface area (Å²) in [7, 11) is -3.66. The lowest BCUT2D eigenvalue weighted by atomic mass is 10.2. The van der Waals surface area contributed by atoms with Crippen LogP contribution in [0.15, 0.2) is 9.42 Å². The molecule has 1 unspecified atom stereocenters. The van der Waals surface area contributed by atoms with Gasteiger partial charge >= 0.3 is 0 Å². The Labute approximate surface area is 148 Å². The molecule has 1 atom stereocenters. The molecule has 1 fully saturated rings. The number of carbonyl (C=O) groups excluding carboxylic acids is 1. The Balaban J connectivity index is 0.00000288. The van der Waals surface area contributed by atoms with Gasteiger partial charge in [-0.25, -0.2) is 8.42 Å². The number of carbonyl (C=O) groups is 1. The molecule has 0 saturated carbocycles. The fourth-order valence-corrected chi connectivity index (χ4v) is 4.52. The molecule has 1 aliphatic rings. The molecule has 2 heterocycles. The standard InChI is InChI=1S/C14H24N4O4S.ClH/c1-10(15)9-13(19)17-5-4-6-18(8-7-17)23(20,21)14-11(2)16-22-12(14)3;/h10H,4-9,15H2,1-3H3;1H. The molecule has 2 N–H and O–H groups in total. The minimum atomic E-state index is -3.66. The summed E-state index contributed by atoms with van der Waals surface area (Å²) in [6.07, 6.45) is 0.865. The minimum Gasteiger partial charge on any atom is -0.360 e. The van der Waals surface area contributed by atoms with Gasteiger partial charge in [0.1, 0.15) is 10.6 Å². The first-order chi connectivity index (χ1) is 10.7. The lowest BCUT2D eigenvalue weighted by molar-refractivity contribution is -0.131. The molecule has 0 aromatic carbocycles. The third kappa shape index (κ3) is 4.47. The van der Waals surface area contributed by atoms with Crippen molar-refractivity contribution in [3.05, 3.63) is 11.5 Å². The first kappa shape index (κ1) is 20.9. The minimum absolute atomic E-state index is 0. The third-order valence-corrected chi connectivity index (χ3v) is 6.01. The summed E-state index contributed by atoms with van der Waals surface area (Å²) < 4.78 is 32.0. The van der Waals surface area contributed by atoms with Crippen molar-refractivity contribution in [3.8, 4) is 0 Å². The molecule has 0 aliphatic carbocycles. The van der Waals surface area contributed by atoms with Crippen LogP contribution in [0.3, 0.4) is 0 Å². The van der Waals surface area contributed by atoms with E-state index in [1.54, 1.807) is 25.7 Å². The Morgan fingerprint density at radius 1 is 1.29 bits per heavy atom. The van der Waals surface area contributed by atoms with Crippen LogP contribution in [-0.4, -0.2) is 60.9 Å². The highest BCUT2D eigenvalue weighted by Crippen LogP contribution is 2.24. The number of sulfonamides is 1.